The van der Waals surface area contributed by atoms with Crippen molar-refractivity contribution in [3.63, 3.8) is 0 Å². The summed E-state index contributed by atoms with van der Waals surface area (Å²) in [6, 6.07) is 16.4. The van der Waals surface area contributed by atoms with E-state index in [4.69, 9.17) is 14.5 Å². The van der Waals surface area contributed by atoms with Crippen LogP contribution in [0.15, 0.2) is 53.5 Å². The molecule has 6 heteroatoms. The van der Waals surface area contributed by atoms with Gasteiger partial charge in [0, 0.05) is 19.5 Å². The van der Waals surface area contributed by atoms with Crippen molar-refractivity contribution in [3.8, 4) is 11.5 Å². The number of hydrogen-bond donors (Lipinski definition) is 2. The minimum Gasteiger partial charge on any atom is -0.492 e. The topological polar surface area (TPSA) is 58.1 Å². The Hall–Kier alpha value is -2.73. The molecule has 1 unspecified atom stereocenters. The van der Waals surface area contributed by atoms with Crippen molar-refractivity contribution in [1.29, 1.82) is 0 Å². The Morgan fingerprint density at radius 2 is 2.03 bits per heavy atom. The molecule has 0 saturated heterocycles. The second-order valence-electron chi connectivity index (χ2n) is 7.43. The molecule has 0 fully saturated rings. The average molecular weight is 397 g/mol. The number of benzene rings is 2. The van der Waals surface area contributed by atoms with E-state index in [9.17, 15) is 0 Å². The highest BCUT2D eigenvalue weighted by Crippen LogP contribution is 2.27. The van der Waals surface area contributed by atoms with Gasteiger partial charge in [-0.1, -0.05) is 30.3 Å². The lowest BCUT2D eigenvalue weighted by atomic mass is 10.1. The van der Waals surface area contributed by atoms with Crippen molar-refractivity contribution in [1.82, 2.24) is 15.5 Å². The second kappa shape index (κ2) is 10.7. The molecule has 1 aliphatic rings. The van der Waals surface area contributed by atoms with Crippen LogP contribution in [0.1, 0.15) is 18.1 Å². The van der Waals surface area contributed by atoms with E-state index in [0.29, 0.717) is 19.7 Å². The lowest BCUT2D eigenvalue weighted by molar-refractivity contribution is 0.235. The number of hydrogen-bond acceptors (Lipinski definition) is 4. The van der Waals surface area contributed by atoms with Crippen LogP contribution in [0.4, 0.5) is 0 Å². The van der Waals surface area contributed by atoms with E-state index in [1.165, 1.54) is 5.56 Å². The minimum atomic E-state index is 0.129. The number of rotatable bonds is 9. The summed E-state index contributed by atoms with van der Waals surface area (Å²) in [4.78, 5) is 6.82. The van der Waals surface area contributed by atoms with E-state index in [1.54, 1.807) is 0 Å². The second-order valence-corrected chi connectivity index (χ2v) is 7.43. The Morgan fingerprint density at radius 1 is 1.17 bits per heavy atom. The number of aliphatic imine (C=N–C) groups is 1. The summed E-state index contributed by atoms with van der Waals surface area (Å²) in [6.45, 7) is 5.75. The number of likely N-dealkylation sites (N-methyl/N-ethyl adjacent to an activating group) is 1. The van der Waals surface area contributed by atoms with E-state index in [1.807, 2.05) is 38.4 Å². The maximum atomic E-state index is 6.00. The van der Waals surface area contributed by atoms with Crippen molar-refractivity contribution in [2.45, 2.75) is 26.0 Å². The van der Waals surface area contributed by atoms with Crippen LogP contribution >= 0.6 is 0 Å². The molecule has 2 aromatic carbocycles. The van der Waals surface area contributed by atoms with Crippen LogP contribution in [-0.4, -0.2) is 57.3 Å². The van der Waals surface area contributed by atoms with Gasteiger partial charge in [0.15, 0.2) is 5.96 Å². The predicted octanol–water partition coefficient (Wildman–Crippen LogP) is 2.69. The maximum Gasteiger partial charge on any atom is 0.191 e. The van der Waals surface area contributed by atoms with Gasteiger partial charge in [-0.3, -0.25) is 0 Å². The number of para-hydroxylation sites is 1. The Morgan fingerprint density at radius 3 is 2.83 bits per heavy atom. The Bertz CT molecular complexity index is 782. The standard InChI is InChI=1S/C23H32N4O2/c1-4-24-23(26-17-21-15-19-9-5-6-11-22(19)29-21)25-16-18-8-7-10-20(14-18)28-13-12-27(2)3/h5-11,14,21H,4,12-13,15-17H2,1-3H3,(H2,24,25,26). The minimum absolute atomic E-state index is 0.129. The summed E-state index contributed by atoms with van der Waals surface area (Å²) >= 11 is 0. The number of nitrogens with zero attached hydrogens (tertiary/aromatic N) is 2. The first-order chi connectivity index (χ1) is 14.1. The van der Waals surface area contributed by atoms with Crippen LogP contribution in [0.3, 0.4) is 0 Å². The van der Waals surface area contributed by atoms with Gasteiger partial charge in [-0.05, 0) is 50.3 Å². The van der Waals surface area contributed by atoms with Gasteiger partial charge in [0.25, 0.3) is 0 Å². The zero-order chi connectivity index (χ0) is 20.5. The third-order valence-corrected chi connectivity index (χ3v) is 4.68. The molecule has 2 aromatic rings. The largest absolute Gasteiger partial charge is 0.492 e. The third-order valence-electron chi connectivity index (χ3n) is 4.68. The van der Waals surface area contributed by atoms with Crippen molar-refractivity contribution < 1.29 is 9.47 Å². The normalized spacial score (nSPS) is 15.7. The molecule has 6 nitrogen and oxygen atoms in total. The smallest absolute Gasteiger partial charge is 0.191 e. The Kier molecular flexibility index (Phi) is 7.76. The third kappa shape index (κ3) is 6.68. The monoisotopic (exact) mass is 396 g/mol. The highest BCUT2D eigenvalue weighted by atomic mass is 16.5. The SMILES string of the molecule is CCNC(=NCc1cccc(OCCN(C)C)c1)NCC1Cc2ccccc2O1. The van der Waals surface area contributed by atoms with E-state index < -0.39 is 0 Å². The summed E-state index contributed by atoms with van der Waals surface area (Å²) in [7, 11) is 4.08. The summed E-state index contributed by atoms with van der Waals surface area (Å²) < 4.78 is 11.8. The molecule has 0 saturated carbocycles. The molecule has 0 radical (unpaired) electrons. The molecule has 29 heavy (non-hydrogen) atoms. The summed E-state index contributed by atoms with van der Waals surface area (Å²) in [5.41, 5.74) is 2.39. The zero-order valence-corrected chi connectivity index (χ0v) is 17.6. The molecule has 0 amide bonds. The molecular weight excluding hydrogens is 364 g/mol. The van der Waals surface area contributed by atoms with E-state index in [-0.39, 0.29) is 6.10 Å². The van der Waals surface area contributed by atoms with Crippen LogP contribution in [-0.2, 0) is 13.0 Å². The molecule has 156 valence electrons. The first-order valence-electron chi connectivity index (χ1n) is 10.3. The van der Waals surface area contributed by atoms with Crippen LogP contribution < -0.4 is 20.1 Å². The van der Waals surface area contributed by atoms with Gasteiger partial charge in [-0.2, -0.15) is 0 Å². The van der Waals surface area contributed by atoms with Crippen molar-refractivity contribution in [2.24, 2.45) is 4.99 Å². The first-order valence-corrected chi connectivity index (χ1v) is 10.3. The fraction of sp³-hybridized carbons (Fsp3) is 0.435. The molecule has 3 rings (SSSR count). The summed E-state index contributed by atoms with van der Waals surface area (Å²) in [5.74, 6) is 2.67. The van der Waals surface area contributed by atoms with Gasteiger partial charge in [-0.25, -0.2) is 4.99 Å². The fourth-order valence-corrected chi connectivity index (χ4v) is 3.17. The molecule has 1 heterocycles. The molecule has 1 aliphatic heterocycles. The van der Waals surface area contributed by atoms with Crippen LogP contribution in [0.5, 0.6) is 11.5 Å². The van der Waals surface area contributed by atoms with Gasteiger partial charge >= 0.3 is 0 Å². The Balaban J connectivity index is 1.51. The molecule has 0 aliphatic carbocycles. The van der Waals surface area contributed by atoms with Gasteiger partial charge in [0.2, 0.25) is 0 Å². The predicted molar refractivity (Wildman–Crippen MR) is 118 cm³/mol. The van der Waals surface area contributed by atoms with Crippen molar-refractivity contribution >= 4 is 5.96 Å². The highest BCUT2D eigenvalue weighted by Gasteiger charge is 2.22. The fourth-order valence-electron chi connectivity index (χ4n) is 3.17. The van der Waals surface area contributed by atoms with Crippen molar-refractivity contribution in [2.75, 3.05) is 40.3 Å². The molecule has 0 bridgehead atoms. The summed E-state index contributed by atoms with van der Waals surface area (Å²) in [5, 5.41) is 6.71. The van der Waals surface area contributed by atoms with Crippen LogP contribution in [0.25, 0.3) is 0 Å². The van der Waals surface area contributed by atoms with Gasteiger partial charge in [0.05, 0.1) is 13.1 Å². The van der Waals surface area contributed by atoms with Crippen molar-refractivity contribution in [3.05, 3.63) is 59.7 Å². The van der Waals surface area contributed by atoms with Crippen LogP contribution in [0.2, 0.25) is 0 Å². The molecule has 1 atom stereocenters. The molecule has 2 N–H and O–H groups in total. The number of nitrogens with one attached hydrogen (secondary N) is 2. The van der Waals surface area contributed by atoms with E-state index >= 15 is 0 Å². The maximum absolute atomic E-state index is 6.00. The quantitative estimate of drug-likeness (QED) is 0.504. The zero-order valence-electron chi connectivity index (χ0n) is 17.6. The lowest BCUT2D eigenvalue weighted by Gasteiger charge is -2.15. The number of ether oxygens (including phenoxy) is 2. The Labute approximate surface area is 173 Å². The lowest BCUT2D eigenvalue weighted by Crippen LogP contribution is -2.42. The number of fused-ring (bicyclic) bond motifs is 1. The van der Waals surface area contributed by atoms with Gasteiger partial charge in [0.1, 0.15) is 24.2 Å². The van der Waals surface area contributed by atoms with Gasteiger partial charge in [-0.15, -0.1) is 0 Å². The summed E-state index contributed by atoms with van der Waals surface area (Å²) in [6.07, 6.45) is 1.05. The molecular formula is C23H32N4O2. The molecule has 0 aromatic heterocycles. The van der Waals surface area contributed by atoms with E-state index in [0.717, 1.165) is 42.5 Å². The molecule has 0 spiro atoms. The highest BCUT2D eigenvalue weighted by molar-refractivity contribution is 5.79. The van der Waals surface area contributed by atoms with Crippen LogP contribution in [0, 0.1) is 0 Å². The number of guanidine groups is 1. The van der Waals surface area contributed by atoms with E-state index in [2.05, 4.69) is 46.7 Å². The average Bonchev–Trinajstić information content (AvgIpc) is 3.13. The van der Waals surface area contributed by atoms with Gasteiger partial charge < -0.3 is 25.0 Å². The first kappa shape index (κ1) is 21.0.